The fourth-order valence-corrected chi connectivity index (χ4v) is 3.19. The molecule has 1 amide bonds. The van der Waals surface area contributed by atoms with E-state index in [4.69, 9.17) is 0 Å². The number of rotatable bonds is 3. The average molecular weight is 289 g/mol. The Morgan fingerprint density at radius 1 is 1.55 bits per heavy atom. The molecule has 0 aromatic carbocycles. The van der Waals surface area contributed by atoms with Gasteiger partial charge in [-0.1, -0.05) is 0 Å². The van der Waals surface area contributed by atoms with E-state index in [9.17, 15) is 9.59 Å². The number of nitrogens with one attached hydrogen (secondary N) is 2. The molecular formula is C14H15N3O2S. The van der Waals surface area contributed by atoms with Crippen molar-refractivity contribution in [3.05, 3.63) is 50.1 Å². The third kappa shape index (κ3) is 2.96. The first-order valence-electron chi connectivity index (χ1n) is 6.58. The molecule has 0 saturated heterocycles. The highest BCUT2D eigenvalue weighted by Crippen LogP contribution is 2.17. The molecule has 1 unspecified atom stereocenters. The van der Waals surface area contributed by atoms with Gasteiger partial charge in [0.2, 0.25) is 5.91 Å². The molecule has 1 atom stereocenters. The number of aryl methyl sites for hydroxylation is 1. The molecule has 2 aromatic rings. The first kappa shape index (κ1) is 13.1. The number of aromatic nitrogens is 2. The van der Waals surface area contributed by atoms with Crippen molar-refractivity contribution in [2.75, 3.05) is 0 Å². The van der Waals surface area contributed by atoms with Crippen molar-refractivity contribution in [2.45, 2.75) is 31.7 Å². The van der Waals surface area contributed by atoms with Crippen molar-refractivity contribution in [3.8, 4) is 0 Å². The molecule has 0 fully saturated rings. The number of fused-ring (bicyclic) bond motifs is 1. The van der Waals surface area contributed by atoms with Gasteiger partial charge in [0.05, 0.1) is 12.1 Å². The zero-order valence-corrected chi connectivity index (χ0v) is 11.7. The molecule has 104 valence electrons. The van der Waals surface area contributed by atoms with Gasteiger partial charge in [-0.05, 0) is 47.2 Å². The van der Waals surface area contributed by atoms with E-state index in [0.29, 0.717) is 12.8 Å². The summed E-state index contributed by atoms with van der Waals surface area (Å²) in [7, 11) is 0. The molecule has 0 saturated carbocycles. The zero-order valence-electron chi connectivity index (χ0n) is 10.9. The van der Waals surface area contributed by atoms with Crippen LogP contribution in [0.1, 0.15) is 23.2 Å². The van der Waals surface area contributed by atoms with Gasteiger partial charge >= 0.3 is 0 Å². The van der Waals surface area contributed by atoms with Gasteiger partial charge in [-0.3, -0.25) is 9.59 Å². The van der Waals surface area contributed by atoms with Crippen LogP contribution in [0.5, 0.6) is 0 Å². The maximum Gasteiger partial charge on any atom is 0.264 e. The highest BCUT2D eigenvalue weighted by molar-refractivity contribution is 7.07. The molecule has 1 aliphatic carbocycles. The second-order valence-corrected chi connectivity index (χ2v) is 5.80. The fourth-order valence-electron chi connectivity index (χ4n) is 2.52. The molecule has 2 aromatic heterocycles. The molecular weight excluding hydrogens is 274 g/mol. The summed E-state index contributed by atoms with van der Waals surface area (Å²) in [5, 5.41) is 13.5. The Morgan fingerprint density at radius 2 is 2.45 bits per heavy atom. The molecule has 0 spiro atoms. The van der Waals surface area contributed by atoms with Gasteiger partial charge in [0.15, 0.2) is 0 Å². The van der Waals surface area contributed by atoms with E-state index >= 15 is 0 Å². The van der Waals surface area contributed by atoms with Crippen molar-refractivity contribution < 1.29 is 4.79 Å². The average Bonchev–Trinajstić information content (AvgIpc) is 2.91. The van der Waals surface area contributed by atoms with Gasteiger partial charge < -0.3 is 5.32 Å². The number of nitrogens with zero attached hydrogens (tertiary/aromatic N) is 1. The van der Waals surface area contributed by atoms with Crippen molar-refractivity contribution in [2.24, 2.45) is 0 Å². The molecule has 5 nitrogen and oxygen atoms in total. The lowest BCUT2D eigenvalue weighted by atomic mass is 9.92. The number of amides is 1. The Balaban J connectivity index is 1.62. The lowest BCUT2D eigenvalue weighted by Crippen LogP contribution is -2.40. The first-order valence-corrected chi connectivity index (χ1v) is 7.53. The van der Waals surface area contributed by atoms with Crippen LogP contribution >= 0.6 is 11.3 Å². The zero-order chi connectivity index (χ0) is 13.9. The molecule has 2 N–H and O–H groups in total. The predicted octanol–water partition coefficient (Wildman–Crippen LogP) is 1.05. The van der Waals surface area contributed by atoms with E-state index in [2.05, 4.69) is 15.5 Å². The summed E-state index contributed by atoms with van der Waals surface area (Å²) in [4.78, 5) is 23.2. The standard InChI is InChI=1S/C14H15N3O2S/c18-13(5-9-3-4-20-8-9)15-11-1-2-12-10(6-11)7-14(19)17-16-12/h3-4,7-8,11H,1-2,5-6H2,(H,15,18)(H,17,19). The molecule has 3 rings (SSSR count). The van der Waals surface area contributed by atoms with Crippen LogP contribution in [-0.4, -0.2) is 22.1 Å². The van der Waals surface area contributed by atoms with Crippen molar-refractivity contribution in [1.82, 2.24) is 15.5 Å². The van der Waals surface area contributed by atoms with Gasteiger partial charge in [0.1, 0.15) is 0 Å². The second-order valence-electron chi connectivity index (χ2n) is 5.02. The molecule has 2 heterocycles. The van der Waals surface area contributed by atoms with Gasteiger partial charge in [-0.15, -0.1) is 0 Å². The summed E-state index contributed by atoms with van der Waals surface area (Å²) < 4.78 is 0. The number of carbonyl (C=O) groups is 1. The van der Waals surface area contributed by atoms with Crippen LogP contribution in [-0.2, 0) is 24.1 Å². The molecule has 0 aliphatic heterocycles. The maximum atomic E-state index is 12.0. The lowest BCUT2D eigenvalue weighted by Gasteiger charge is -2.24. The minimum atomic E-state index is -0.186. The fraction of sp³-hybridized carbons (Fsp3) is 0.357. The SMILES string of the molecule is O=C(Cc1ccsc1)NC1CCc2n[nH]c(=O)cc2C1. The Labute approximate surface area is 120 Å². The normalized spacial score (nSPS) is 17.5. The Morgan fingerprint density at radius 3 is 3.25 bits per heavy atom. The van der Waals surface area contributed by atoms with E-state index in [1.165, 1.54) is 0 Å². The Bertz CT molecular complexity index is 663. The number of hydrogen-bond donors (Lipinski definition) is 2. The molecule has 0 bridgehead atoms. The predicted molar refractivity (Wildman–Crippen MR) is 76.8 cm³/mol. The molecule has 6 heteroatoms. The van der Waals surface area contributed by atoms with Gasteiger partial charge in [-0.2, -0.15) is 16.4 Å². The summed E-state index contributed by atoms with van der Waals surface area (Å²) in [6, 6.07) is 3.64. The van der Waals surface area contributed by atoms with Gasteiger partial charge in [0, 0.05) is 12.1 Å². The largest absolute Gasteiger partial charge is 0.353 e. The third-order valence-corrected chi connectivity index (χ3v) is 4.21. The van der Waals surface area contributed by atoms with Crippen molar-refractivity contribution in [3.63, 3.8) is 0 Å². The summed E-state index contributed by atoms with van der Waals surface area (Å²) in [6.45, 7) is 0. The van der Waals surface area contributed by atoms with E-state index in [1.807, 2.05) is 16.8 Å². The van der Waals surface area contributed by atoms with Crippen molar-refractivity contribution in [1.29, 1.82) is 0 Å². The lowest BCUT2D eigenvalue weighted by molar-refractivity contribution is -0.121. The van der Waals surface area contributed by atoms with Crippen LogP contribution in [0.25, 0.3) is 0 Å². The molecule has 20 heavy (non-hydrogen) atoms. The summed E-state index contributed by atoms with van der Waals surface area (Å²) >= 11 is 1.59. The van der Waals surface area contributed by atoms with E-state index in [1.54, 1.807) is 17.4 Å². The van der Waals surface area contributed by atoms with Crippen LogP contribution < -0.4 is 10.9 Å². The van der Waals surface area contributed by atoms with Crippen LogP contribution in [0.3, 0.4) is 0 Å². The van der Waals surface area contributed by atoms with Crippen molar-refractivity contribution >= 4 is 17.2 Å². The summed E-state index contributed by atoms with van der Waals surface area (Å²) in [6.07, 6.45) is 2.75. The summed E-state index contributed by atoms with van der Waals surface area (Å²) in [5.74, 6) is 0.0367. The van der Waals surface area contributed by atoms with Gasteiger partial charge in [-0.25, -0.2) is 5.10 Å². The van der Waals surface area contributed by atoms with E-state index in [0.717, 1.165) is 29.7 Å². The van der Waals surface area contributed by atoms with Crippen LogP contribution in [0, 0.1) is 0 Å². The van der Waals surface area contributed by atoms with Gasteiger partial charge in [0.25, 0.3) is 5.56 Å². The van der Waals surface area contributed by atoms with Crippen LogP contribution in [0.15, 0.2) is 27.7 Å². The minimum absolute atomic E-state index is 0.0367. The van der Waals surface area contributed by atoms with E-state index in [-0.39, 0.29) is 17.5 Å². The topological polar surface area (TPSA) is 74.8 Å². The minimum Gasteiger partial charge on any atom is -0.353 e. The molecule has 1 aliphatic rings. The highest BCUT2D eigenvalue weighted by Gasteiger charge is 2.21. The number of H-pyrrole nitrogens is 1. The summed E-state index contributed by atoms with van der Waals surface area (Å²) in [5.41, 5.74) is 2.74. The number of carbonyl (C=O) groups excluding carboxylic acids is 1. The third-order valence-electron chi connectivity index (χ3n) is 3.48. The number of hydrogen-bond acceptors (Lipinski definition) is 4. The highest BCUT2D eigenvalue weighted by atomic mass is 32.1. The molecule has 0 radical (unpaired) electrons. The number of aromatic amines is 1. The monoisotopic (exact) mass is 289 g/mol. The Hall–Kier alpha value is -1.95. The smallest absolute Gasteiger partial charge is 0.264 e. The number of thiophene rings is 1. The van der Waals surface area contributed by atoms with Crippen LogP contribution in [0.2, 0.25) is 0 Å². The Kier molecular flexibility index (Phi) is 3.64. The second kappa shape index (κ2) is 5.58. The quantitative estimate of drug-likeness (QED) is 0.887. The maximum absolute atomic E-state index is 12.0. The van der Waals surface area contributed by atoms with Crippen LogP contribution in [0.4, 0.5) is 0 Å². The van der Waals surface area contributed by atoms with E-state index < -0.39 is 0 Å². The first-order chi connectivity index (χ1) is 9.70.